The summed E-state index contributed by atoms with van der Waals surface area (Å²) in [5.41, 5.74) is 1.41. The molecule has 0 saturated carbocycles. The fourth-order valence-electron chi connectivity index (χ4n) is 3.12. The van der Waals surface area contributed by atoms with Crippen LogP contribution in [0.3, 0.4) is 0 Å². The number of rotatable bonds is 7. The van der Waals surface area contributed by atoms with E-state index in [1.54, 1.807) is 10.9 Å². The number of aliphatic hydroxyl groups excluding tert-OH is 1. The van der Waals surface area contributed by atoms with Crippen LogP contribution in [0.4, 0.5) is 4.39 Å². The molecule has 2 heterocycles. The summed E-state index contributed by atoms with van der Waals surface area (Å²) in [7, 11) is 0. The normalized spacial score (nSPS) is 15.9. The van der Waals surface area contributed by atoms with Crippen LogP contribution in [-0.4, -0.2) is 57.1 Å². The molecule has 0 unspecified atom stereocenters. The fourth-order valence-corrected chi connectivity index (χ4v) is 3.12. The van der Waals surface area contributed by atoms with Gasteiger partial charge < -0.3 is 10.4 Å². The molecule has 7 nitrogen and oxygen atoms in total. The maximum absolute atomic E-state index is 13.0. The van der Waals surface area contributed by atoms with E-state index in [0.717, 1.165) is 38.0 Å². The second-order valence-electron chi connectivity index (χ2n) is 6.55. The summed E-state index contributed by atoms with van der Waals surface area (Å²) in [4.78, 5) is 14.3. The van der Waals surface area contributed by atoms with E-state index in [9.17, 15) is 9.18 Å². The van der Waals surface area contributed by atoms with E-state index in [2.05, 4.69) is 20.5 Å². The van der Waals surface area contributed by atoms with E-state index < -0.39 is 0 Å². The Balaban J connectivity index is 1.49. The summed E-state index contributed by atoms with van der Waals surface area (Å²) in [5, 5.41) is 19.5. The molecule has 1 fully saturated rings. The first-order chi connectivity index (χ1) is 12.7. The van der Waals surface area contributed by atoms with E-state index in [4.69, 9.17) is 5.11 Å². The number of piperidine rings is 1. The van der Waals surface area contributed by atoms with Crippen LogP contribution in [0.5, 0.6) is 0 Å². The molecule has 3 rings (SSSR count). The number of benzene rings is 1. The molecule has 0 bridgehead atoms. The molecule has 0 atom stereocenters. The van der Waals surface area contributed by atoms with E-state index in [1.807, 2.05) is 12.1 Å². The lowest BCUT2D eigenvalue weighted by molar-refractivity contribution is 0.0946. The number of hydrogen-bond acceptors (Lipinski definition) is 5. The van der Waals surface area contributed by atoms with E-state index in [0.29, 0.717) is 18.7 Å². The van der Waals surface area contributed by atoms with Crippen molar-refractivity contribution in [3.05, 3.63) is 47.5 Å². The van der Waals surface area contributed by atoms with Crippen LogP contribution in [0.15, 0.2) is 30.5 Å². The van der Waals surface area contributed by atoms with Gasteiger partial charge in [-0.15, -0.1) is 5.10 Å². The SMILES string of the molecule is O=C(NCCCO)c1cn(C2CCN(Cc3ccc(F)cc3)CC2)nn1. The zero-order valence-electron chi connectivity index (χ0n) is 14.6. The summed E-state index contributed by atoms with van der Waals surface area (Å²) >= 11 is 0. The van der Waals surface area contributed by atoms with Crippen molar-refractivity contribution in [2.45, 2.75) is 31.8 Å². The second-order valence-corrected chi connectivity index (χ2v) is 6.55. The Morgan fingerprint density at radius 1 is 1.27 bits per heavy atom. The molecule has 1 aromatic heterocycles. The molecule has 140 valence electrons. The number of carbonyl (C=O) groups excluding carboxylic acids is 1. The largest absolute Gasteiger partial charge is 0.396 e. The fraction of sp³-hybridized carbons (Fsp3) is 0.500. The quantitative estimate of drug-likeness (QED) is 0.728. The molecule has 2 N–H and O–H groups in total. The number of nitrogens with one attached hydrogen (secondary N) is 1. The Kier molecular flexibility index (Phi) is 6.30. The minimum absolute atomic E-state index is 0.0451. The zero-order valence-corrected chi connectivity index (χ0v) is 14.6. The summed E-state index contributed by atoms with van der Waals surface area (Å²) in [6, 6.07) is 6.85. The third-order valence-corrected chi connectivity index (χ3v) is 4.61. The van der Waals surface area contributed by atoms with Crippen LogP contribution in [-0.2, 0) is 6.54 Å². The van der Waals surface area contributed by atoms with Crippen LogP contribution in [0.1, 0.15) is 41.4 Å². The standard InChI is InChI=1S/C18H24FN5O2/c19-15-4-2-14(3-5-15)12-23-9-6-16(7-10-23)24-13-17(21-22-24)18(26)20-8-1-11-25/h2-5,13,16,25H,1,6-12H2,(H,20,26). The number of aliphatic hydroxyl groups is 1. The van der Waals surface area contributed by atoms with Gasteiger partial charge in [0.2, 0.25) is 0 Å². The highest BCUT2D eigenvalue weighted by Gasteiger charge is 2.22. The van der Waals surface area contributed by atoms with Crippen LogP contribution in [0.2, 0.25) is 0 Å². The molecule has 1 amide bonds. The predicted octanol–water partition coefficient (Wildman–Crippen LogP) is 1.37. The third kappa shape index (κ3) is 4.86. The van der Waals surface area contributed by atoms with E-state index in [1.165, 1.54) is 12.1 Å². The van der Waals surface area contributed by atoms with Gasteiger partial charge in [0, 0.05) is 32.8 Å². The van der Waals surface area contributed by atoms with Crippen molar-refractivity contribution in [1.82, 2.24) is 25.2 Å². The highest BCUT2D eigenvalue weighted by molar-refractivity contribution is 5.91. The number of hydrogen-bond donors (Lipinski definition) is 2. The van der Waals surface area contributed by atoms with Crippen molar-refractivity contribution in [2.24, 2.45) is 0 Å². The maximum atomic E-state index is 13.0. The lowest BCUT2D eigenvalue weighted by Crippen LogP contribution is -2.34. The van der Waals surface area contributed by atoms with Gasteiger partial charge in [0.1, 0.15) is 5.82 Å². The van der Waals surface area contributed by atoms with Crippen molar-refractivity contribution in [2.75, 3.05) is 26.2 Å². The van der Waals surface area contributed by atoms with Crippen LogP contribution < -0.4 is 5.32 Å². The van der Waals surface area contributed by atoms with Gasteiger partial charge in [0.25, 0.3) is 5.91 Å². The number of nitrogens with zero attached hydrogens (tertiary/aromatic N) is 4. The molecule has 2 aromatic rings. The van der Waals surface area contributed by atoms with Gasteiger partial charge in [-0.25, -0.2) is 9.07 Å². The average molecular weight is 361 g/mol. The minimum Gasteiger partial charge on any atom is -0.396 e. The zero-order chi connectivity index (χ0) is 18.4. The molecular formula is C18H24FN5O2. The van der Waals surface area contributed by atoms with Gasteiger partial charge in [0.15, 0.2) is 5.69 Å². The molecule has 0 radical (unpaired) electrons. The van der Waals surface area contributed by atoms with Gasteiger partial charge in [-0.05, 0) is 37.0 Å². The first kappa shape index (κ1) is 18.5. The van der Waals surface area contributed by atoms with Gasteiger partial charge in [0.05, 0.1) is 12.2 Å². The first-order valence-corrected chi connectivity index (χ1v) is 8.93. The summed E-state index contributed by atoms with van der Waals surface area (Å²) < 4.78 is 14.8. The number of carbonyl (C=O) groups is 1. The van der Waals surface area contributed by atoms with Crippen LogP contribution in [0, 0.1) is 5.82 Å². The number of likely N-dealkylation sites (tertiary alicyclic amines) is 1. The van der Waals surface area contributed by atoms with Crippen LogP contribution >= 0.6 is 0 Å². The second kappa shape index (κ2) is 8.86. The summed E-state index contributed by atoms with van der Waals surface area (Å²) in [5.74, 6) is -0.478. The van der Waals surface area contributed by atoms with Gasteiger partial charge in [-0.1, -0.05) is 17.3 Å². The van der Waals surface area contributed by atoms with E-state index >= 15 is 0 Å². The number of amides is 1. The highest BCUT2D eigenvalue weighted by Crippen LogP contribution is 2.23. The van der Waals surface area contributed by atoms with Gasteiger partial charge in [-0.3, -0.25) is 9.69 Å². The molecule has 1 aliphatic heterocycles. The molecule has 1 saturated heterocycles. The number of halogens is 1. The lowest BCUT2D eigenvalue weighted by Gasteiger charge is -2.31. The Morgan fingerprint density at radius 2 is 2.00 bits per heavy atom. The summed E-state index contributed by atoms with van der Waals surface area (Å²) in [6.07, 6.45) is 4.06. The maximum Gasteiger partial charge on any atom is 0.273 e. The molecular weight excluding hydrogens is 337 g/mol. The monoisotopic (exact) mass is 361 g/mol. The Morgan fingerprint density at radius 3 is 2.69 bits per heavy atom. The first-order valence-electron chi connectivity index (χ1n) is 8.93. The van der Waals surface area contributed by atoms with Gasteiger partial charge >= 0.3 is 0 Å². The molecule has 26 heavy (non-hydrogen) atoms. The predicted molar refractivity (Wildman–Crippen MR) is 94.0 cm³/mol. The van der Waals surface area contributed by atoms with Gasteiger partial charge in [-0.2, -0.15) is 0 Å². The highest BCUT2D eigenvalue weighted by atomic mass is 19.1. The molecule has 0 spiro atoms. The Bertz CT molecular complexity index is 711. The van der Waals surface area contributed by atoms with E-state index in [-0.39, 0.29) is 24.4 Å². The van der Waals surface area contributed by atoms with Crippen molar-refractivity contribution in [3.8, 4) is 0 Å². The van der Waals surface area contributed by atoms with Crippen molar-refractivity contribution < 1.29 is 14.3 Å². The Hall–Kier alpha value is -2.32. The molecule has 1 aliphatic rings. The molecule has 1 aromatic carbocycles. The van der Waals surface area contributed by atoms with Crippen LogP contribution in [0.25, 0.3) is 0 Å². The third-order valence-electron chi connectivity index (χ3n) is 4.61. The lowest BCUT2D eigenvalue weighted by atomic mass is 10.0. The molecule has 0 aliphatic carbocycles. The average Bonchev–Trinajstić information content (AvgIpc) is 3.15. The van der Waals surface area contributed by atoms with Crippen molar-refractivity contribution in [3.63, 3.8) is 0 Å². The molecule has 8 heteroatoms. The Labute approximate surface area is 151 Å². The smallest absolute Gasteiger partial charge is 0.273 e. The van der Waals surface area contributed by atoms with Crippen molar-refractivity contribution in [1.29, 1.82) is 0 Å². The summed E-state index contributed by atoms with van der Waals surface area (Å²) in [6.45, 7) is 3.11. The van der Waals surface area contributed by atoms with Crippen molar-refractivity contribution >= 4 is 5.91 Å². The topological polar surface area (TPSA) is 83.3 Å². The number of aromatic nitrogens is 3. The minimum atomic E-state index is -0.265.